The van der Waals surface area contributed by atoms with Gasteiger partial charge in [0.2, 0.25) is 0 Å². The van der Waals surface area contributed by atoms with Gasteiger partial charge in [-0.2, -0.15) is 5.10 Å². The van der Waals surface area contributed by atoms with Crippen molar-refractivity contribution < 1.29 is 14.4 Å². The molecule has 2 aliphatic heterocycles. The number of pyridine rings is 1. The van der Waals surface area contributed by atoms with E-state index in [1.165, 1.54) is 23.1 Å². The first-order valence-electron chi connectivity index (χ1n) is 19.1. The molecule has 17 heteroatoms. The molecule has 0 bridgehead atoms. The van der Waals surface area contributed by atoms with Gasteiger partial charge in [-0.1, -0.05) is 53.5 Å². The summed E-state index contributed by atoms with van der Waals surface area (Å²) < 4.78 is 1.21. The topological polar surface area (TPSA) is 160 Å². The molecule has 2 saturated heterocycles. The molecule has 15 nitrogen and oxygen atoms in total. The molecule has 4 aromatic rings. The first-order valence-corrected chi connectivity index (χ1v) is 19.9. The van der Waals surface area contributed by atoms with Gasteiger partial charge in [0.15, 0.2) is 0 Å². The van der Waals surface area contributed by atoms with Crippen molar-refractivity contribution in [2.24, 2.45) is 0 Å². The highest BCUT2D eigenvalue weighted by Gasteiger charge is 2.25. The number of urea groups is 1. The van der Waals surface area contributed by atoms with E-state index in [0.717, 1.165) is 57.9 Å². The first-order chi connectivity index (χ1) is 27.5. The number of carbonyl (C=O) groups is 3. The third kappa shape index (κ3) is 10.7. The zero-order valence-electron chi connectivity index (χ0n) is 32.5. The number of benzene rings is 2. The normalized spacial score (nSPS) is 15.6. The largest absolute Gasteiger partial charge is 0.351 e. The molecule has 0 atom stereocenters. The Morgan fingerprint density at radius 1 is 0.754 bits per heavy atom. The standard InChI is InChI=1S/C40H49Cl2N11O4/c1-4-53-39(56)34(46-40(57)47-36-31(41)25-43-26-32(36)42)24-33(48-53)35-29(27-8-6-5-7-9-27)22-28(37(54)44-10-12-51-18-14-49(2)15-19-51)23-30(35)38(55)45-11-13-52-20-16-50(3)17-21-52/h5-9,22-26H,4,10-21H2,1-3H3,(H,44,54)(H,45,55)(H2,43,46,47,57). The van der Waals surface area contributed by atoms with E-state index >= 15 is 0 Å². The Labute approximate surface area is 342 Å². The predicted molar refractivity (Wildman–Crippen MR) is 224 cm³/mol. The molecule has 0 spiro atoms. The molecule has 4 amide bonds. The summed E-state index contributed by atoms with van der Waals surface area (Å²) in [7, 11) is 4.19. The Morgan fingerprint density at radius 3 is 1.91 bits per heavy atom. The van der Waals surface area contributed by atoms with Gasteiger partial charge in [0.1, 0.15) is 5.69 Å². The van der Waals surface area contributed by atoms with E-state index in [0.29, 0.717) is 42.9 Å². The molecule has 2 fully saturated rings. The van der Waals surface area contributed by atoms with Crippen LogP contribution >= 0.6 is 23.2 Å². The van der Waals surface area contributed by atoms with Crippen molar-refractivity contribution in [3.63, 3.8) is 0 Å². The highest BCUT2D eigenvalue weighted by atomic mass is 35.5. The van der Waals surface area contributed by atoms with Gasteiger partial charge < -0.3 is 31.1 Å². The Bertz CT molecular complexity index is 2100. The Morgan fingerprint density at radius 2 is 1.33 bits per heavy atom. The van der Waals surface area contributed by atoms with Crippen molar-refractivity contribution in [2.45, 2.75) is 13.5 Å². The van der Waals surface area contributed by atoms with Gasteiger partial charge in [-0.15, -0.1) is 0 Å². The van der Waals surface area contributed by atoms with Crippen LogP contribution in [0.25, 0.3) is 22.4 Å². The molecule has 302 valence electrons. The number of halogens is 2. The minimum atomic E-state index is -0.782. The summed E-state index contributed by atoms with van der Waals surface area (Å²) in [6, 6.07) is 13.3. The van der Waals surface area contributed by atoms with Crippen LogP contribution in [0.3, 0.4) is 0 Å². The minimum absolute atomic E-state index is 0.105. The summed E-state index contributed by atoms with van der Waals surface area (Å²) in [5.41, 5.74) is 1.82. The van der Waals surface area contributed by atoms with Crippen LogP contribution in [0.4, 0.5) is 16.2 Å². The molecular weight excluding hydrogens is 769 g/mol. The molecule has 4 N–H and O–H groups in total. The van der Waals surface area contributed by atoms with Gasteiger partial charge in [-0.05, 0) is 50.3 Å². The number of amides is 4. The second-order valence-corrected chi connectivity index (χ2v) is 15.0. The quantitative estimate of drug-likeness (QED) is 0.156. The number of nitrogens with one attached hydrogen (secondary N) is 4. The summed E-state index contributed by atoms with van der Waals surface area (Å²) in [5.74, 6) is -0.730. The number of piperazine rings is 2. The van der Waals surface area contributed by atoms with E-state index in [9.17, 15) is 19.2 Å². The molecule has 57 heavy (non-hydrogen) atoms. The average molecular weight is 819 g/mol. The molecule has 2 aromatic heterocycles. The number of rotatable bonds is 13. The van der Waals surface area contributed by atoms with Crippen molar-refractivity contribution in [1.82, 2.24) is 45.0 Å². The SMILES string of the molecule is CCn1nc(-c2c(C(=O)NCCN3CCN(C)CC3)cc(C(=O)NCCN3CCN(C)CC3)cc2-c2ccccc2)cc(NC(=O)Nc2c(Cl)cncc2Cl)c1=O. The number of aryl methyl sites for hydroxylation is 1. The minimum Gasteiger partial charge on any atom is -0.351 e. The molecule has 2 aromatic carbocycles. The lowest BCUT2D eigenvalue weighted by Crippen LogP contribution is -2.47. The lowest BCUT2D eigenvalue weighted by atomic mass is 9.90. The van der Waals surface area contributed by atoms with Crippen LogP contribution in [0.15, 0.2) is 65.7 Å². The molecular formula is C40H49Cl2N11O4. The third-order valence-corrected chi connectivity index (χ3v) is 10.8. The number of likely N-dealkylation sites (N-methyl/N-ethyl adjacent to an activating group) is 2. The maximum atomic E-state index is 14.4. The second-order valence-electron chi connectivity index (χ2n) is 14.2. The molecule has 0 aliphatic carbocycles. The maximum absolute atomic E-state index is 14.4. The molecule has 0 radical (unpaired) electrons. The average Bonchev–Trinajstić information content (AvgIpc) is 3.21. The van der Waals surface area contributed by atoms with Crippen molar-refractivity contribution in [1.29, 1.82) is 0 Å². The zero-order valence-corrected chi connectivity index (χ0v) is 34.0. The van der Waals surface area contributed by atoms with Crippen molar-refractivity contribution in [3.05, 3.63) is 92.5 Å². The molecule has 2 aliphatic rings. The number of hydrogen-bond donors (Lipinski definition) is 4. The summed E-state index contributed by atoms with van der Waals surface area (Å²) in [4.78, 5) is 68.3. The van der Waals surface area contributed by atoms with Gasteiger partial charge >= 0.3 is 6.03 Å². The van der Waals surface area contributed by atoms with Crippen LogP contribution in [0.2, 0.25) is 10.0 Å². The lowest BCUT2D eigenvalue weighted by molar-refractivity contribution is 0.0940. The number of nitrogens with zero attached hydrogens (tertiary/aromatic N) is 7. The van der Waals surface area contributed by atoms with Gasteiger partial charge in [0.05, 0.1) is 27.0 Å². The van der Waals surface area contributed by atoms with E-state index in [-0.39, 0.29) is 45.1 Å². The van der Waals surface area contributed by atoms with Crippen LogP contribution in [-0.2, 0) is 6.54 Å². The Hall–Kier alpha value is -4.90. The molecule has 0 unspecified atom stereocenters. The second kappa shape index (κ2) is 19.5. The van der Waals surface area contributed by atoms with Gasteiger partial charge in [-0.25, -0.2) is 9.48 Å². The number of aromatic nitrogens is 3. The van der Waals surface area contributed by atoms with Crippen LogP contribution in [-0.4, -0.2) is 145 Å². The summed E-state index contributed by atoms with van der Waals surface area (Å²) in [5, 5.41) is 16.3. The fourth-order valence-electron chi connectivity index (χ4n) is 6.83. The molecule has 6 rings (SSSR count). The predicted octanol–water partition coefficient (Wildman–Crippen LogP) is 3.90. The fraction of sp³-hybridized carbons (Fsp3) is 0.400. The van der Waals surface area contributed by atoms with Gasteiger partial charge in [0, 0.05) is 109 Å². The number of carbonyl (C=O) groups excluding carboxylic acids is 3. The molecule has 0 saturated carbocycles. The monoisotopic (exact) mass is 817 g/mol. The summed E-state index contributed by atoms with van der Waals surface area (Å²) in [6.07, 6.45) is 2.66. The van der Waals surface area contributed by atoms with Crippen LogP contribution in [0.5, 0.6) is 0 Å². The lowest BCUT2D eigenvalue weighted by Gasteiger charge is -2.32. The zero-order chi connectivity index (χ0) is 40.5. The Kier molecular flexibility index (Phi) is 14.3. The van der Waals surface area contributed by atoms with E-state index in [1.54, 1.807) is 19.1 Å². The summed E-state index contributed by atoms with van der Waals surface area (Å²) >= 11 is 12.5. The van der Waals surface area contributed by atoms with E-state index in [4.69, 9.17) is 28.3 Å². The summed E-state index contributed by atoms with van der Waals surface area (Å²) in [6.45, 7) is 11.5. The fourth-order valence-corrected chi connectivity index (χ4v) is 7.29. The first kappa shape index (κ1) is 41.7. The third-order valence-electron chi connectivity index (χ3n) is 10.2. The number of anilines is 2. The highest BCUT2D eigenvalue weighted by molar-refractivity contribution is 6.39. The van der Waals surface area contributed by atoms with Crippen LogP contribution < -0.4 is 26.8 Å². The van der Waals surface area contributed by atoms with Crippen LogP contribution in [0.1, 0.15) is 27.6 Å². The van der Waals surface area contributed by atoms with Crippen molar-refractivity contribution in [3.8, 4) is 22.4 Å². The molecule has 4 heterocycles. The van der Waals surface area contributed by atoms with Crippen LogP contribution in [0, 0.1) is 0 Å². The van der Waals surface area contributed by atoms with Gasteiger partial charge in [-0.3, -0.25) is 29.2 Å². The van der Waals surface area contributed by atoms with E-state index in [2.05, 4.69) is 59.9 Å². The maximum Gasteiger partial charge on any atom is 0.323 e. The number of hydrogen-bond acceptors (Lipinski definition) is 10. The van der Waals surface area contributed by atoms with Gasteiger partial charge in [0.25, 0.3) is 17.4 Å². The highest BCUT2D eigenvalue weighted by Crippen LogP contribution is 2.36. The van der Waals surface area contributed by atoms with Crippen molar-refractivity contribution >= 4 is 52.4 Å². The van der Waals surface area contributed by atoms with E-state index < -0.39 is 17.5 Å². The Balaban J connectivity index is 1.38. The van der Waals surface area contributed by atoms with Crippen molar-refractivity contribution in [2.75, 3.05) is 103 Å². The van der Waals surface area contributed by atoms with E-state index in [1.807, 2.05) is 30.3 Å². The smallest absolute Gasteiger partial charge is 0.323 e.